The first-order valence-corrected chi connectivity index (χ1v) is 8.94. The highest BCUT2D eigenvalue weighted by atomic mass is 35.5. The van der Waals surface area contributed by atoms with Crippen LogP contribution in [0.5, 0.6) is 0 Å². The molecule has 0 spiro atoms. The van der Waals surface area contributed by atoms with Crippen molar-refractivity contribution in [2.45, 2.75) is 31.1 Å². The van der Waals surface area contributed by atoms with E-state index < -0.39 is 10.0 Å². The Morgan fingerprint density at radius 1 is 1.10 bits per heavy atom. The van der Waals surface area contributed by atoms with Gasteiger partial charge in [0.25, 0.3) is 0 Å². The van der Waals surface area contributed by atoms with Gasteiger partial charge >= 0.3 is 0 Å². The van der Waals surface area contributed by atoms with Gasteiger partial charge in [-0.25, -0.2) is 12.7 Å². The Hall–Kier alpha value is -1.10. The topological polar surface area (TPSA) is 37.4 Å². The number of nitrogens with zero attached hydrogens (tertiary/aromatic N) is 1. The molecule has 114 valence electrons. The monoisotopic (exact) mass is 325 g/mol. The highest BCUT2D eigenvalue weighted by Gasteiger charge is 2.23. The van der Waals surface area contributed by atoms with E-state index in [1.54, 1.807) is 25.2 Å². The van der Waals surface area contributed by atoms with E-state index in [9.17, 15) is 8.42 Å². The van der Waals surface area contributed by atoms with Crippen LogP contribution in [-0.4, -0.2) is 26.3 Å². The predicted octanol–water partition coefficient (Wildman–Crippen LogP) is 4.30. The smallest absolute Gasteiger partial charge is 0.207 e. The van der Waals surface area contributed by atoms with Gasteiger partial charge in [-0.15, -0.1) is 0 Å². The minimum absolute atomic E-state index is 0.282. The van der Waals surface area contributed by atoms with Crippen LogP contribution in [0.4, 0.5) is 0 Å². The summed E-state index contributed by atoms with van der Waals surface area (Å²) in [5.74, 6) is 0. The second kappa shape index (κ2) is 6.77. The average Bonchev–Trinajstić information content (AvgIpc) is 2.47. The average molecular weight is 326 g/mol. The molecule has 0 heterocycles. The first-order valence-electron chi connectivity index (χ1n) is 7.12. The molecule has 0 radical (unpaired) electrons. The Morgan fingerprint density at radius 3 is 2.43 bits per heavy atom. The van der Waals surface area contributed by atoms with Gasteiger partial charge in [-0.05, 0) is 23.9 Å². The van der Waals surface area contributed by atoms with Crippen LogP contribution in [0.25, 0.3) is 10.8 Å². The van der Waals surface area contributed by atoms with E-state index in [0.717, 1.165) is 24.6 Å². The molecule has 0 aromatic heterocycles. The molecule has 2 rings (SSSR count). The van der Waals surface area contributed by atoms with Gasteiger partial charge in [0.15, 0.2) is 0 Å². The maximum Gasteiger partial charge on any atom is 0.243 e. The highest BCUT2D eigenvalue weighted by molar-refractivity contribution is 7.89. The molecule has 0 N–H and O–H groups in total. The maximum absolute atomic E-state index is 12.8. The van der Waals surface area contributed by atoms with E-state index in [1.807, 2.05) is 18.2 Å². The lowest BCUT2D eigenvalue weighted by Gasteiger charge is -2.18. The van der Waals surface area contributed by atoms with Gasteiger partial charge in [-0.1, -0.05) is 55.6 Å². The standard InChI is InChI=1S/C16H20ClNO2S/c1-3-4-5-12-18(2)21(19,20)15-11-7-9-13-8-6-10-14(17)16(13)15/h6-11H,3-5,12H2,1-2H3. The van der Waals surface area contributed by atoms with Crippen LogP contribution < -0.4 is 0 Å². The molecule has 0 atom stereocenters. The Labute approximate surface area is 131 Å². The van der Waals surface area contributed by atoms with Gasteiger partial charge in [-0.2, -0.15) is 0 Å². The summed E-state index contributed by atoms with van der Waals surface area (Å²) < 4.78 is 26.9. The third kappa shape index (κ3) is 3.39. The summed E-state index contributed by atoms with van der Waals surface area (Å²) in [6.45, 7) is 2.62. The van der Waals surface area contributed by atoms with E-state index in [4.69, 9.17) is 11.6 Å². The molecule has 0 saturated heterocycles. The quantitative estimate of drug-likeness (QED) is 0.742. The second-order valence-electron chi connectivity index (χ2n) is 5.13. The minimum Gasteiger partial charge on any atom is -0.207 e. The van der Waals surface area contributed by atoms with E-state index in [2.05, 4.69) is 6.92 Å². The molecule has 2 aromatic rings. The number of benzene rings is 2. The number of hydrogen-bond donors (Lipinski definition) is 0. The zero-order valence-corrected chi connectivity index (χ0v) is 13.9. The molecule has 0 fully saturated rings. The van der Waals surface area contributed by atoms with Crippen LogP contribution in [0.15, 0.2) is 41.3 Å². The lowest BCUT2D eigenvalue weighted by Crippen LogP contribution is -2.28. The molecule has 3 nitrogen and oxygen atoms in total. The van der Waals surface area contributed by atoms with E-state index in [0.29, 0.717) is 17.0 Å². The van der Waals surface area contributed by atoms with Crippen LogP contribution in [-0.2, 0) is 10.0 Å². The van der Waals surface area contributed by atoms with Crippen molar-refractivity contribution in [2.75, 3.05) is 13.6 Å². The Bertz CT molecular complexity index is 723. The predicted molar refractivity (Wildman–Crippen MR) is 88.3 cm³/mol. The number of fused-ring (bicyclic) bond motifs is 1. The molecule has 5 heteroatoms. The zero-order chi connectivity index (χ0) is 15.5. The van der Waals surface area contributed by atoms with Crippen molar-refractivity contribution in [3.05, 3.63) is 41.4 Å². The van der Waals surface area contributed by atoms with Crippen LogP contribution >= 0.6 is 11.6 Å². The van der Waals surface area contributed by atoms with Gasteiger partial charge in [0.1, 0.15) is 0 Å². The normalized spacial score (nSPS) is 12.2. The lowest BCUT2D eigenvalue weighted by atomic mass is 10.1. The largest absolute Gasteiger partial charge is 0.243 e. The van der Waals surface area contributed by atoms with E-state index in [-0.39, 0.29) is 4.90 Å². The molecule has 0 saturated carbocycles. The lowest BCUT2D eigenvalue weighted by molar-refractivity contribution is 0.455. The van der Waals surface area contributed by atoms with Crippen LogP contribution in [0.2, 0.25) is 5.02 Å². The van der Waals surface area contributed by atoms with Gasteiger partial charge < -0.3 is 0 Å². The fourth-order valence-electron chi connectivity index (χ4n) is 2.35. The molecular weight excluding hydrogens is 306 g/mol. The van der Waals surface area contributed by atoms with Crippen molar-refractivity contribution >= 4 is 32.4 Å². The highest BCUT2D eigenvalue weighted by Crippen LogP contribution is 2.31. The molecule has 0 unspecified atom stereocenters. The van der Waals surface area contributed by atoms with Crippen molar-refractivity contribution in [3.8, 4) is 0 Å². The van der Waals surface area contributed by atoms with E-state index in [1.165, 1.54) is 4.31 Å². The number of unbranched alkanes of at least 4 members (excludes halogenated alkanes) is 2. The van der Waals surface area contributed by atoms with Crippen molar-refractivity contribution in [2.24, 2.45) is 0 Å². The molecular formula is C16H20ClNO2S. The summed E-state index contributed by atoms with van der Waals surface area (Å²) in [5, 5.41) is 1.91. The molecule has 2 aromatic carbocycles. The third-order valence-corrected chi connectivity index (χ3v) is 5.79. The molecule has 0 amide bonds. The third-order valence-electron chi connectivity index (χ3n) is 3.58. The van der Waals surface area contributed by atoms with Gasteiger partial charge in [0.2, 0.25) is 10.0 Å². The number of halogens is 1. The zero-order valence-electron chi connectivity index (χ0n) is 12.3. The molecule has 0 aliphatic carbocycles. The summed E-state index contributed by atoms with van der Waals surface area (Å²) in [7, 11) is -1.89. The molecule has 21 heavy (non-hydrogen) atoms. The summed E-state index contributed by atoms with van der Waals surface area (Å²) in [5.41, 5.74) is 0. The minimum atomic E-state index is -3.52. The van der Waals surface area contributed by atoms with Gasteiger partial charge in [0.05, 0.1) is 4.90 Å². The van der Waals surface area contributed by atoms with Crippen LogP contribution in [0.1, 0.15) is 26.2 Å². The molecule has 0 aliphatic rings. The maximum atomic E-state index is 12.8. The SMILES string of the molecule is CCCCCN(C)S(=O)(=O)c1cccc2cccc(Cl)c12. The first-order chi connectivity index (χ1) is 9.98. The fraction of sp³-hybridized carbons (Fsp3) is 0.375. The number of rotatable bonds is 6. The van der Waals surface area contributed by atoms with Crippen molar-refractivity contribution in [1.29, 1.82) is 0 Å². The molecule has 0 aliphatic heterocycles. The second-order valence-corrected chi connectivity index (χ2v) is 7.55. The van der Waals surface area contributed by atoms with Crippen molar-refractivity contribution < 1.29 is 8.42 Å². The first kappa shape index (κ1) is 16.3. The summed E-state index contributed by atoms with van der Waals surface area (Å²) in [6.07, 6.45) is 2.95. The van der Waals surface area contributed by atoms with E-state index >= 15 is 0 Å². The summed E-state index contributed by atoms with van der Waals surface area (Å²) in [4.78, 5) is 0.282. The summed E-state index contributed by atoms with van der Waals surface area (Å²) in [6, 6.07) is 10.7. The Morgan fingerprint density at radius 2 is 1.76 bits per heavy atom. The van der Waals surface area contributed by atoms with Crippen LogP contribution in [0, 0.1) is 0 Å². The van der Waals surface area contributed by atoms with Gasteiger partial charge in [0, 0.05) is 24.0 Å². The Balaban J connectivity index is 2.45. The summed E-state index contributed by atoms with van der Waals surface area (Å²) >= 11 is 6.22. The Kier molecular flexibility index (Phi) is 5.25. The number of sulfonamides is 1. The fourth-order valence-corrected chi connectivity index (χ4v) is 4.13. The molecule has 0 bridgehead atoms. The van der Waals surface area contributed by atoms with Gasteiger partial charge in [-0.3, -0.25) is 0 Å². The van der Waals surface area contributed by atoms with Crippen LogP contribution in [0.3, 0.4) is 0 Å². The van der Waals surface area contributed by atoms with Crippen molar-refractivity contribution in [1.82, 2.24) is 4.31 Å². The number of hydrogen-bond acceptors (Lipinski definition) is 2. The van der Waals surface area contributed by atoms with Crippen molar-refractivity contribution in [3.63, 3.8) is 0 Å².